The average molecular weight is 217 g/mol. The van der Waals surface area contributed by atoms with E-state index < -0.39 is 4.84 Å². The molecule has 0 amide bonds. The molecular weight excluding hydrogens is 203 g/mol. The molecule has 0 saturated carbocycles. The number of hydrogen-bond acceptors (Lipinski definition) is 0. The summed E-state index contributed by atoms with van der Waals surface area (Å²) in [5.41, 5.74) is 2.38. The van der Waals surface area contributed by atoms with E-state index in [0.29, 0.717) is 0 Å². The van der Waals surface area contributed by atoms with Gasteiger partial charge in [0.25, 0.3) is 0 Å². The number of alkyl halides is 2. The number of halogens is 2. The lowest BCUT2D eigenvalue weighted by molar-refractivity contribution is 0.589. The van der Waals surface area contributed by atoms with Gasteiger partial charge in [0.05, 0.1) is 0 Å². The molecule has 0 aliphatic heterocycles. The Balaban J connectivity index is 3.06. The summed E-state index contributed by atoms with van der Waals surface area (Å²) in [6.07, 6.45) is 0. The fraction of sp³-hybridized carbons (Fsp3) is 0.455. The first-order valence-electron chi connectivity index (χ1n) is 4.30. The normalized spacial score (nSPS) is 12.2. The van der Waals surface area contributed by atoms with Crippen LogP contribution in [0.3, 0.4) is 0 Å². The predicted molar refractivity (Wildman–Crippen MR) is 59.6 cm³/mol. The van der Waals surface area contributed by atoms with Crippen molar-refractivity contribution in [2.24, 2.45) is 0 Å². The van der Waals surface area contributed by atoms with Crippen molar-refractivity contribution in [1.82, 2.24) is 0 Å². The van der Waals surface area contributed by atoms with Crippen LogP contribution in [0, 0.1) is 0 Å². The van der Waals surface area contributed by atoms with Crippen LogP contribution in [0.5, 0.6) is 0 Å². The minimum absolute atomic E-state index is 0.151. The highest BCUT2D eigenvalue weighted by Crippen LogP contribution is 2.29. The van der Waals surface area contributed by atoms with Gasteiger partial charge in [-0.25, -0.2) is 0 Å². The molecule has 0 fully saturated rings. The average Bonchev–Trinajstić information content (AvgIpc) is 2.03. The van der Waals surface area contributed by atoms with Crippen LogP contribution >= 0.6 is 23.2 Å². The van der Waals surface area contributed by atoms with Gasteiger partial charge in [-0.2, -0.15) is 0 Å². The lowest BCUT2D eigenvalue weighted by atomic mass is 9.86. The fourth-order valence-electron chi connectivity index (χ4n) is 1.14. The molecule has 0 nitrogen and oxygen atoms in total. The van der Waals surface area contributed by atoms with Gasteiger partial charge in [-0.05, 0) is 16.5 Å². The van der Waals surface area contributed by atoms with E-state index in [1.165, 1.54) is 5.56 Å². The van der Waals surface area contributed by atoms with Gasteiger partial charge in [-0.3, -0.25) is 0 Å². The van der Waals surface area contributed by atoms with Gasteiger partial charge in [-0.1, -0.05) is 45.0 Å². The molecule has 13 heavy (non-hydrogen) atoms. The van der Waals surface area contributed by atoms with Gasteiger partial charge in [-0.15, -0.1) is 23.2 Å². The summed E-state index contributed by atoms with van der Waals surface area (Å²) in [5, 5.41) is 0. The lowest BCUT2D eigenvalue weighted by Gasteiger charge is -2.19. The zero-order chi connectivity index (χ0) is 10.1. The molecule has 1 aromatic rings. The SMILES string of the molecule is CC(C)(C)c1cccc(C(Cl)Cl)c1. The van der Waals surface area contributed by atoms with Gasteiger partial charge >= 0.3 is 0 Å². The Labute approximate surface area is 89.9 Å². The van der Waals surface area contributed by atoms with E-state index in [2.05, 4.69) is 32.9 Å². The van der Waals surface area contributed by atoms with E-state index in [1.807, 2.05) is 12.1 Å². The Hall–Kier alpha value is -0.200. The minimum Gasteiger partial charge on any atom is -0.100 e. The van der Waals surface area contributed by atoms with E-state index >= 15 is 0 Å². The highest BCUT2D eigenvalue weighted by molar-refractivity contribution is 6.44. The summed E-state index contributed by atoms with van der Waals surface area (Å²) in [6.45, 7) is 6.51. The molecule has 0 radical (unpaired) electrons. The maximum atomic E-state index is 5.79. The van der Waals surface area contributed by atoms with Gasteiger partial charge < -0.3 is 0 Å². The van der Waals surface area contributed by atoms with Crippen molar-refractivity contribution in [3.05, 3.63) is 35.4 Å². The van der Waals surface area contributed by atoms with Crippen molar-refractivity contribution in [1.29, 1.82) is 0 Å². The molecule has 1 rings (SSSR count). The molecule has 0 aromatic heterocycles. The zero-order valence-electron chi connectivity index (χ0n) is 8.14. The Morgan fingerprint density at radius 3 is 2.23 bits per heavy atom. The standard InChI is InChI=1S/C11H14Cl2/c1-11(2,3)9-6-4-5-8(7-9)10(12)13/h4-7,10H,1-3H3. The number of benzene rings is 1. The highest BCUT2D eigenvalue weighted by Gasteiger charge is 2.14. The fourth-order valence-corrected chi connectivity index (χ4v) is 1.41. The first kappa shape index (κ1) is 10.9. The van der Waals surface area contributed by atoms with Crippen LogP contribution in [0.15, 0.2) is 24.3 Å². The first-order valence-corrected chi connectivity index (χ1v) is 5.17. The third-order valence-electron chi connectivity index (χ3n) is 2.00. The Morgan fingerprint density at radius 2 is 1.77 bits per heavy atom. The van der Waals surface area contributed by atoms with Gasteiger partial charge in [0, 0.05) is 0 Å². The third-order valence-corrected chi connectivity index (χ3v) is 2.51. The van der Waals surface area contributed by atoms with E-state index in [1.54, 1.807) is 0 Å². The summed E-state index contributed by atoms with van der Waals surface area (Å²) in [7, 11) is 0. The van der Waals surface area contributed by atoms with Crippen LogP contribution in [-0.4, -0.2) is 0 Å². The summed E-state index contributed by atoms with van der Waals surface area (Å²) >= 11 is 11.6. The van der Waals surface area contributed by atoms with E-state index in [0.717, 1.165) is 5.56 Å². The molecule has 0 aliphatic rings. The monoisotopic (exact) mass is 216 g/mol. The van der Waals surface area contributed by atoms with Crippen molar-refractivity contribution >= 4 is 23.2 Å². The second-order valence-electron chi connectivity index (χ2n) is 4.18. The molecule has 0 N–H and O–H groups in total. The minimum atomic E-state index is -0.428. The van der Waals surface area contributed by atoms with Crippen LogP contribution in [0.4, 0.5) is 0 Å². The third kappa shape index (κ3) is 2.89. The van der Waals surface area contributed by atoms with E-state index in [4.69, 9.17) is 23.2 Å². The second kappa shape index (κ2) is 3.89. The molecule has 0 atom stereocenters. The van der Waals surface area contributed by atoms with Crippen LogP contribution in [0.1, 0.15) is 36.7 Å². The molecule has 0 heterocycles. The molecule has 0 spiro atoms. The Kier molecular flexibility index (Phi) is 3.26. The molecular formula is C11H14Cl2. The van der Waals surface area contributed by atoms with Crippen molar-refractivity contribution < 1.29 is 0 Å². The van der Waals surface area contributed by atoms with Crippen molar-refractivity contribution in [3.8, 4) is 0 Å². The van der Waals surface area contributed by atoms with Crippen LogP contribution < -0.4 is 0 Å². The Morgan fingerprint density at radius 1 is 1.15 bits per heavy atom. The largest absolute Gasteiger partial charge is 0.132 e. The molecule has 1 aromatic carbocycles. The predicted octanol–water partition coefficient (Wildman–Crippen LogP) is 4.46. The van der Waals surface area contributed by atoms with Crippen LogP contribution in [0.2, 0.25) is 0 Å². The van der Waals surface area contributed by atoms with Gasteiger partial charge in [0.1, 0.15) is 4.84 Å². The van der Waals surface area contributed by atoms with E-state index in [9.17, 15) is 0 Å². The zero-order valence-corrected chi connectivity index (χ0v) is 9.65. The number of rotatable bonds is 1. The first-order chi connectivity index (χ1) is 5.91. The summed E-state index contributed by atoms with van der Waals surface area (Å²) < 4.78 is 0. The molecule has 2 heteroatoms. The molecule has 0 saturated heterocycles. The van der Waals surface area contributed by atoms with Crippen molar-refractivity contribution in [2.75, 3.05) is 0 Å². The maximum absolute atomic E-state index is 5.79. The van der Waals surface area contributed by atoms with Gasteiger partial charge in [0.15, 0.2) is 0 Å². The summed E-state index contributed by atoms with van der Waals surface area (Å²) in [5.74, 6) is 0. The topological polar surface area (TPSA) is 0 Å². The van der Waals surface area contributed by atoms with Crippen molar-refractivity contribution in [2.45, 2.75) is 31.0 Å². The highest BCUT2D eigenvalue weighted by atomic mass is 35.5. The van der Waals surface area contributed by atoms with E-state index in [-0.39, 0.29) is 5.41 Å². The van der Waals surface area contributed by atoms with Crippen LogP contribution in [0.25, 0.3) is 0 Å². The molecule has 0 aliphatic carbocycles. The molecule has 0 unspecified atom stereocenters. The number of hydrogen-bond donors (Lipinski definition) is 0. The van der Waals surface area contributed by atoms with Crippen molar-refractivity contribution in [3.63, 3.8) is 0 Å². The summed E-state index contributed by atoms with van der Waals surface area (Å²) in [4.78, 5) is -0.428. The molecule has 72 valence electrons. The maximum Gasteiger partial charge on any atom is 0.132 e. The lowest BCUT2D eigenvalue weighted by Crippen LogP contribution is -2.11. The van der Waals surface area contributed by atoms with Gasteiger partial charge in [0.2, 0.25) is 0 Å². The second-order valence-corrected chi connectivity index (χ2v) is 5.27. The molecule has 0 bridgehead atoms. The Bertz CT molecular complexity index is 284. The quantitative estimate of drug-likeness (QED) is 0.609. The smallest absolute Gasteiger partial charge is 0.100 e. The summed E-state index contributed by atoms with van der Waals surface area (Å²) in [6, 6.07) is 8.10. The van der Waals surface area contributed by atoms with Crippen LogP contribution in [-0.2, 0) is 5.41 Å².